The Morgan fingerprint density at radius 3 is 2.50 bits per heavy atom. The predicted octanol–water partition coefficient (Wildman–Crippen LogP) is 2.32. The molecular weight excluding hydrogens is 343 g/mol. The van der Waals surface area contributed by atoms with E-state index in [1.54, 1.807) is 0 Å². The molecule has 24 heavy (non-hydrogen) atoms. The minimum atomic E-state index is -4.72. The molecule has 9 heteroatoms. The number of nitrogens with two attached hydrogens (primary N) is 1. The maximum atomic E-state index is 12.8. The molecule has 1 aromatic carbocycles. The first kappa shape index (κ1) is 18.7. The molecule has 0 aromatic heterocycles. The van der Waals surface area contributed by atoms with Crippen LogP contribution in [0.2, 0.25) is 0 Å². The van der Waals surface area contributed by atoms with Crippen molar-refractivity contribution in [2.45, 2.75) is 37.4 Å². The fourth-order valence-corrected chi connectivity index (χ4v) is 4.36. The Morgan fingerprint density at radius 1 is 1.38 bits per heavy atom. The summed E-state index contributed by atoms with van der Waals surface area (Å²) in [6.45, 7) is 4.04. The molecule has 5 nitrogen and oxygen atoms in total. The van der Waals surface area contributed by atoms with Crippen LogP contribution in [0.1, 0.15) is 31.4 Å². The lowest BCUT2D eigenvalue weighted by Gasteiger charge is -2.41. The Bertz CT molecular complexity index is 782. The van der Waals surface area contributed by atoms with Gasteiger partial charge in [0.05, 0.1) is 22.1 Å². The molecule has 1 aliphatic rings. The fraction of sp³-hybridized carbons (Fsp3) is 0.533. The Morgan fingerprint density at radius 2 is 2.00 bits per heavy atom. The lowest BCUT2D eigenvalue weighted by Crippen LogP contribution is -2.53. The molecule has 1 heterocycles. The molecule has 1 fully saturated rings. The fourth-order valence-electron chi connectivity index (χ4n) is 2.70. The van der Waals surface area contributed by atoms with Gasteiger partial charge in [0.25, 0.3) is 0 Å². The van der Waals surface area contributed by atoms with Crippen molar-refractivity contribution < 1.29 is 21.6 Å². The van der Waals surface area contributed by atoms with E-state index in [2.05, 4.69) is 0 Å². The number of sulfonamides is 1. The van der Waals surface area contributed by atoms with Gasteiger partial charge in [-0.15, -0.1) is 0 Å². The van der Waals surface area contributed by atoms with Crippen molar-refractivity contribution in [2.24, 2.45) is 11.1 Å². The van der Waals surface area contributed by atoms with Crippen LogP contribution in [0.25, 0.3) is 0 Å². The number of piperidine rings is 1. The van der Waals surface area contributed by atoms with E-state index in [-0.39, 0.29) is 24.0 Å². The van der Waals surface area contributed by atoms with Crippen molar-refractivity contribution >= 4 is 10.0 Å². The summed E-state index contributed by atoms with van der Waals surface area (Å²) in [6, 6.07) is 3.56. The smallest absolute Gasteiger partial charge is 0.327 e. The zero-order valence-electron chi connectivity index (χ0n) is 13.3. The highest BCUT2D eigenvalue weighted by Gasteiger charge is 2.40. The molecular formula is C15H18F3N3O2S. The standard InChI is InChI=1S/C15H18F3N3O2S/c1-14(2)9-21(6-5-13(14)20)24(22,23)11-3-4-12(15(16,17)18)10(7-11)8-19/h3-4,7,13H,5-6,9,20H2,1-2H3. The molecule has 0 amide bonds. The molecule has 0 aliphatic carbocycles. The lowest BCUT2D eigenvalue weighted by atomic mass is 9.81. The summed E-state index contributed by atoms with van der Waals surface area (Å²) in [5.41, 5.74) is 3.67. The van der Waals surface area contributed by atoms with Gasteiger partial charge in [-0.05, 0) is 30.0 Å². The molecule has 1 unspecified atom stereocenters. The summed E-state index contributed by atoms with van der Waals surface area (Å²) in [6.07, 6.45) is -4.26. The van der Waals surface area contributed by atoms with E-state index in [0.29, 0.717) is 12.5 Å². The second kappa shape index (κ2) is 6.02. The molecule has 1 atom stereocenters. The normalized spacial score (nSPS) is 22.1. The summed E-state index contributed by atoms with van der Waals surface area (Å²) < 4.78 is 65.1. The molecule has 1 aliphatic heterocycles. The number of nitrogens with zero attached hydrogens (tertiary/aromatic N) is 2. The summed E-state index contributed by atoms with van der Waals surface area (Å²) in [7, 11) is -3.99. The lowest BCUT2D eigenvalue weighted by molar-refractivity contribution is -0.137. The number of rotatable bonds is 2. The van der Waals surface area contributed by atoms with Crippen molar-refractivity contribution in [2.75, 3.05) is 13.1 Å². The Hall–Kier alpha value is -1.63. The van der Waals surface area contributed by atoms with E-state index >= 15 is 0 Å². The first-order valence-electron chi connectivity index (χ1n) is 7.26. The molecule has 132 valence electrons. The topological polar surface area (TPSA) is 87.2 Å². The van der Waals surface area contributed by atoms with Crippen LogP contribution >= 0.6 is 0 Å². The Balaban J connectivity index is 2.43. The second-order valence-corrected chi connectivity index (χ2v) is 8.48. The van der Waals surface area contributed by atoms with Crippen LogP contribution in [0.4, 0.5) is 13.2 Å². The van der Waals surface area contributed by atoms with Crippen LogP contribution in [0, 0.1) is 16.7 Å². The van der Waals surface area contributed by atoms with Crippen LogP contribution in [-0.4, -0.2) is 31.9 Å². The predicted molar refractivity (Wildman–Crippen MR) is 81.3 cm³/mol. The molecule has 0 radical (unpaired) electrons. The van der Waals surface area contributed by atoms with Crippen molar-refractivity contribution in [1.82, 2.24) is 4.31 Å². The zero-order valence-corrected chi connectivity index (χ0v) is 14.1. The van der Waals surface area contributed by atoms with Gasteiger partial charge in [0.15, 0.2) is 0 Å². The minimum absolute atomic E-state index is 0.161. The van der Waals surface area contributed by atoms with Crippen molar-refractivity contribution in [3.63, 3.8) is 0 Å². The van der Waals surface area contributed by atoms with Gasteiger partial charge in [-0.3, -0.25) is 0 Å². The summed E-state index contributed by atoms with van der Waals surface area (Å²) in [5.74, 6) is 0. The SMILES string of the molecule is CC1(C)CN(S(=O)(=O)c2ccc(C(F)(F)F)c(C#N)c2)CCC1N. The van der Waals surface area contributed by atoms with Crippen LogP contribution in [0.15, 0.2) is 23.1 Å². The molecule has 0 bridgehead atoms. The molecule has 1 saturated heterocycles. The minimum Gasteiger partial charge on any atom is -0.327 e. The Kier molecular flexibility index (Phi) is 4.69. The number of alkyl halides is 3. The van der Waals surface area contributed by atoms with Gasteiger partial charge in [-0.25, -0.2) is 8.42 Å². The highest BCUT2D eigenvalue weighted by Crippen LogP contribution is 2.35. The number of hydrogen-bond donors (Lipinski definition) is 1. The average molecular weight is 361 g/mol. The van der Waals surface area contributed by atoms with Crippen molar-refractivity contribution in [1.29, 1.82) is 5.26 Å². The van der Waals surface area contributed by atoms with Crippen LogP contribution in [-0.2, 0) is 16.2 Å². The van der Waals surface area contributed by atoms with Gasteiger partial charge < -0.3 is 5.73 Å². The van der Waals surface area contributed by atoms with E-state index < -0.39 is 32.7 Å². The van der Waals surface area contributed by atoms with Crippen LogP contribution in [0.5, 0.6) is 0 Å². The first-order chi connectivity index (χ1) is 10.9. The van der Waals surface area contributed by atoms with Crippen molar-refractivity contribution in [3.8, 4) is 6.07 Å². The molecule has 2 rings (SSSR count). The van der Waals surface area contributed by atoms with E-state index in [0.717, 1.165) is 12.1 Å². The van der Waals surface area contributed by atoms with Crippen LogP contribution < -0.4 is 5.73 Å². The largest absolute Gasteiger partial charge is 0.417 e. The highest BCUT2D eigenvalue weighted by atomic mass is 32.2. The average Bonchev–Trinajstić information content (AvgIpc) is 2.48. The van der Waals surface area contributed by atoms with Gasteiger partial charge >= 0.3 is 6.18 Å². The van der Waals surface area contributed by atoms with Gasteiger partial charge in [0.1, 0.15) is 0 Å². The third-order valence-corrected chi connectivity index (χ3v) is 6.17. The van der Waals surface area contributed by atoms with E-state index in [4.69, 9.17) is 11.0 Å². The van der Waals surface area contributed by atoms with E-state index in [1.165, 1.54) is 10.4 Å². The molecule has 2 N–H and O–H groups in total. The molecule has 1 aromatic rings. The number of nitriles is 1. The highest BCUT2D eigenvalue weighted by molar-refractivity contribution is 7.89. The number of halogens is 3. The van der Waals surface area contributed by atoms with E-state index in [1.807, 2.05) is 13.8 Å². The summed E-state index contributed by atoms with van der Waals surface area (Å²) in [4.78, 5) is -0.321. The number of benzene rings is 1. The maximum Gasteiger partial charge on any atom is 0.417 e. The number of hydrogen-bond acceptors (Lipinski definition) is 4. The quantitative estimate of drug-likeness (QED) is 0.876. The van der Waals surface area contributed by atoms with Gasteiger partial charge in [0.2, 0.25) is 10.0 Å². The molecule has 0 saturated carbocycles. The van der Waals surface area contributed by atoms with Gasteiger partial charge in [-0.2, -0.15) is 22.7 Å². The first-order valence-corrected chi connectivity index (χ1v) is 8.70. The third kappa shape index (κ3) is 3.41. The Labute approximate surface area is 138 Å². The summed E-state index contributed by atoms with van der Waals surface area (Å²) >= 11 is 0. The van der Waals surface area contributed by atoms with Crippen LogP contribution in [0.3, 0.4) is 0 Å². The van der Waals surface area contributed by atoms with Gasteiger partial charge in [-0.1, -0.05) is 13.8 Å². The zero-order chi connectivity index (χ0) is 18.3. The second-order valence-electron chi connectivity index (χ2n) is 6.54. The maximum absolute atomic E-state index is 12.8. The van der Waals surface area contributed by atoms with Crippen molar-refractivity contribution in [3.05, 3.63) is 29.3 Å². The third-order valence-electron chi connectivity index (χ3n) is 4.33. The summed E-state index contributed by atoms with van der Waals surface area (Å²) in [5, 5.41) is 8.93. The van der Waals surface area contributed by atoms with Gasteiger partial charge in [0, 0.05) is 19.1 Å². The monoisotopic (exact) mass is 361 g/mol. The van der Waals surface area contributed by atoms with E-state index in [9.17, 15) is 21.6 Å². The molecule has 0 spiro atoms.